The lowest BCUT2D eigenvalue weighted by molar-refractivity contribution is 0.306. The number of ether oxygens (including phenoxy) is 1. The highest BCUT2D eigenvalue weighted by Gasteiger charge is 2.02. The number of benzene rings is 2. The van der Waals surface area contributed by atoms with Gasteiger partial charge in [-0.15, -0.1) is 11.6 Å². The Kier molecular flexibility index (Phi) is 5.71. The number of halogens is 1. The largest absolute Gasteiger partial charge is 0.489 e. The van der Waals surface area contributed by atoms with Gasteiger partial charge in [-0.1, -0.05) is 36.1 Å². The number of hydrogen-bond acceptors (Lipinski definition) is 2. The first-order valence-corrected chi connectivity index (χ1v) is 7.12. The van der Waals surface area contributed by atoms with Crippen molar-refractivity contribution in [2.45, 2.75) is 13.0 Å². The number of rotatable bonds is 4. The molecule has 0 atom stereocenters. The molecular weight excluding hydrogens is 282 g/mol. The second-order valence-electron chi connectivity index (χ2n) is 4.33. The van der Waals surface area contributed by atoms with Crippen LogP contribution < -0.4 is 4.74 Å². The smallest absolute Gasteiger partial charge is 0.121 e. The molecule has 0 saturated carbocycles. The normalized spacial score (nSPS) is 9.33. The van der Waals surface area contributed by atoms with Gasteiger partial charge in [0.05, 0.1) is 11.6 Å². The van der Waals surface area contributed by atoms with E-state index in [0.29, 0.717) is 24.5 Å². The predicted molar refractivity (Wildman–Crippen MR) is 84.1 cm³/mol. The zero-order valence-corrected chi connectivity index (χ0v) is 12.2. The quantitative estimate of drug-likeness (QED) is 0.628. The predicted octanol–water partition coefficient (Wildman–Crippen LogP) is 4.12. The molecule has 0 bridgehead atoms. The van der Waals surface area contributed by atoms with Gasteiger partial charge in [0.15, 0.2) is 0 Å². The summed E-state index contributed by atoms with van der Waals surface area (Å²) in [6, 6.07) is 17.2. The Hall–Kier alpha value is -2.42. The molecular formula is C18H14ClNO. The second kappa shape index (κ2) is 8.00. The lowest BCUT2D eigenvalue weighted by Crippen LogP contribution is -1.98. The molecule has 3 heteroatoms. The Morgan fingerprint density at radius 1 is 1.10 bits per heavy atom. The van der Waals surface area contributed by atoms with E-state index in [9.17, 15) is 0 Å². The fourth-order valence-electron chi connectivity index (χ4n) is 1.79. The van der Waals surface area contributed by atoms with Crippen LogP contribution >= 0.6 is 11.6 Å². The SMILES string of the molecule is N#Cc1ccccc1COc1cccc(C#CCCCl)c1. The first-order valence-electron chi connectivity index (χ1n) is 6.59. The zero-order valence-electron chi connectivity index (χ0n) is 11.5. The summed E-state index contributed by atoms with van der Waals surface area (Å²) in [4.78, 5) is 0. The standard InChI is InChI=1S/C18H14ClNO/c19-11-4-3-6-15-7-5-10-18(12-15)21-14-17-9-2-1-8-16(17)13-20/h1-2,5,7-10,12H,4,11,14H2. The van der Waals surface area contributed by atoms with Crippen LogP contribution in [0.4, 0.5) is 0 Å². The maximum absolute atomic E-state index is 9.05. The maximum atomic E-state index is 9.05. The van der Waals surface area contributed by atoms with Crippen molar-refractivity contribution in [1.29, 1.82) is 5.26 Å². The highest BCUT2D eigenvalue weighted by molar-refractivity contribution is 6.18. The Labute approximate surface area is 129 Å². The van der Waals surface area contributed by atoms with Gasteiger partial charge in [0.1, 0.15) is 12.4 Å². The van der Waals surface area contributed by atoms with Crippen LogP contribution in [0.5, 0.6) is 5.75 Å². The van der Waals surface area contributed by atoms with E-state index in [1.54, 1.807) is 6.07 Å². The van der Waals surface area contributed by atoms with Gasteiger partial charge < -0.3 is 4.74 Å². The summed E-state index contributed by atoms with van der Waals surface area (Å²) in [6.45, 7) is 0.363. The molecule has 2 aromatic carbocycles. The average molecular weight is 296 g/mol. The van der Waals surface area contributed by atoms with Gasteiger partial charge in [-0.25, -0.2) is 0 Å². The Morgan fingerprint density at radius 3 is 2.76 bits per heavy atom. The van der Waals surface area contributed by atoms with Crippen LogP contribution in [0, 0.1) is 23.2 Å². The lowest BCUT2D eigenvalue weighted by atomic mass is 10.1. The molecule has 2 aromatic rings. The van der Waals surface area contributed by atoms with Gasteiger partial charge in [-0.05, 0) is 24.3 Å². The summed E-state index contributed by atoms with van der Waals surface area (Å²) < 4.78 is 5.74. The van der Waals surface area contributed by atoms with Crippen LogP contribution in [0.1, 0.15) is 23.1 Å². The van der Waals surface area contributed by atoms with Crippen molar-refractivity contribution < 1.29 is 4.74 Å². The van der Waals surface area contributed by atoms with Crippen LogP contribution in [0.25, 0.3) is 0 Å². The highest BCUT2D eigenvalue weighted by atomic mass is 35.5. The molecule has 0 aliphatic rings. The van der Waals surface area contributed by atoms with E-state index in [1.807, 2.05) is 42.5 Å². The minimum Gasteiger partial charge on any atom is -0.489 e. The minimum atomic E-state index is 0.363. The second-order valence-corrected chi connectivity index (χ2v) is 4.70. The van der Waals surface area contributed by atoms with Crippen LogP contribution in [0.3, 0.4) is 0 Å². The van der Waals surface area contributed by atoms with Gasteiger partial charge in [0.2, 0.25) is 0 Å². The van der Waals surface area contributed by atoms with Crippen molar-refractivity contribution in [2.24, 2.45) is 0 Å². The third-order valence-electron chi connectivity index (χ3n) is 2.82. The van der Waals surface area contributed by atoms with E-state index in [0.717, 1.165) is 16.9 Å². The minimum absolute atomic E-state index is 0.363. The summed E-state index contributed by atoms with van der Waals surface area (Å²) in [5, 5.41) is 9.05. The van der Waals surface area contributed by atoms with Crippen LogP contribution in [0.15, 0.2) is 48.5 Å². The van der Waals surface area contributed by atoms with Crippen molar-refractivity contribution >= 4 is 11.6 Å². The Balaban J connectivity index is 2.06. The molecule has 0 heterocycles. The van der Waals surface area contributed by atoms with E-state index < -0.39 is 0 Å². The molecule has 0 radical (unpaired) electrons. The number of nitriles is 1. The number of hydrogen-bond donors (Lipinski definition) is 0. The average Bonchev–Trinajstić information content (AvgIpc) is 2.54. The third kappa shape index (κ3) is 4.56. The summed E-state index contributed by atoms with van der Waals surface area (Å²) in [5.41, 5.74) is 2.40. The van der Waals surface area contributed by atoms with Crippen LogP contribution in [-0.4, -0.2) is 5.88 Å². The fraction of sp³-hybridized carbons (Fsp3) is 0.167. The molecule has 0 fully saturated rings. The van der Waals surface area contributed by atoms with E-state index in [2.05, 4.69) is 17.9 Å². The topological polar surface area (TPSA) is 33.0 Å². The summed E-state index contributed by atoms with van der Waals surface area (Å²) in [6.07, 6.45) is 0.669. The van der Waals surface area contributed by atoms with Crippen molar-refractivity contribution in [1.82, 2.24) is 0 Å². The van der Waals surface area contributed by atoms with E-state index >= 15 is 0 Å². The van der Waals surface area contributed by atoms with Crippen molar-refractivity contribution in [2.75, 3.05) is 5.88 Å². The first-order chi connectivity index (χ1) is 10.3. The zero-order chi connectivity index (χ0) is 14.9. The van der Waals surface area contributed by atoms with Gasteiger partial charge in [-0.3, -0.25) is 0 Å². The molecule has 0 saturated heterocycles. The number of alkyl halides is 1. The number of nitrogens with zero attached hydrogens (tertiary/aromatic N) is 1. The molecule has 0 N–H and O–H groups in total. The molecule has 0 aromatic heterocycles. The highest BCUT2D eigenvalue weighted by Crippen LogP contribution is 2.16. The van der Waals surface area contributed by atoms with E-state index in [1.165, 1.54) is 0 Å². The van der Waals surface area contributed by atoms with Crippen molar-refractivity contribution in [3.63, 3.8) is 0 Å². The Bertz CT molecular complexity index is 707. The van der Waals surface area contributed by atoms with E-state index in [4.69, 9.17) is 21.6 Å². The molecule has 104 valence electrons. The van der Waals surface area contributed by atoms with Crippen molar-refractivity contribution in [3.05, 3.63) is 65.2 Å². The first kappa shape index (κ1) is 15.0. The van der Waals surface area contributed by atoms with Crippen molar-refractivity contribution in [3.8, 4) is 23.7 Å². The van der Waals surface area contributed by atoms with Gasteiger partial charge in [-0.2, -0.15) is 5.26 Å². The van der Waals surface area contributed by atoms with E-state index in [-0.39, 0.29) is 0 Å². The Morgan fingerprint density at radius 2 is 1.95 bits per heavy atom. The van der Waals surface area contributed by atoms with Gasteiger partial charge in [0.25, 0.3) is 0 Å². The molecule has 0 spiro atoms. The summed E-state index contributed by atoms with van der Waals surface area (Å²) in [7, 11) is 0. The molecule has 0 aliphatic heterocycles. The molecule has 0 unspecified atom stereocenters. The third-order valence-corrected chi connectivity index (χ3v) is 3.01. The maximum Gasteiger partial charge on any atom is 0.121 e. The van der Waals surface area contributed by atoms with Gasteiger partial charge in [0, 0.05) is 23.4 Å². The molecule has 2 nitrogen and oxygen atoms in total. The molecule has 21 heavy (non-hydrogen) atoms. The molecule has 2 rings (SSSR count). The molecule has 0 amide bonds. The molecule has 0 aliphatic carbocycles. The summed E-state index contributed by atoms with van der Waals surface area (Å²) >= 11 is 5.59. The van der Waals surface area contributed by atoms with Crippen LogP contribution in [-0.2, 0) is 6.61 Å². The lowest BCUT2D eigenvalue weighted by Gasteiger charge is -2.07. The van der Waals surface area contributed by atoms with Crippen LogP contribution in [0.2, 0.25) is 0 Å². The monoisotopic (exact) mass is 295 g/mol. The summed E-state index contributed by atoms with van der Waals surface area (Å²) in [5.74, 6) is 7.30. The van der Waals surface area contributed by atoms with Gasteiger partial charge >= 0.3 is 0 Å². The fourth-order valence-corrected chi connectivity index (χ4v) is 1.89.